The van der Waals surface area contributed by atoms with Crippen LogP contribution in [0.15, 0.2) is 60.2 Å². The van der Waals surface area contributed by atoms with Gasteiger partial charge in [-0.3, -0.25) is 4.79 Å². The lowest BCUT2D eigenvalue weighted by atomic mass is 9.79. The average Bonchev–Trinajstić information content (AvgIpc) is 2.78. The molecule has 0 N–H and O–H groups in total. The van der Waals surface area contributed by atoms with Crippen molar-refractivity contribution in [1.29, 1.82) is 0 Å². The molecule has 1 aliphatic rings. The molecule has 1 aliphatic carbocycles. The van der Waals surface area contributed by atoms with E-state index >= 15 is 0 Å². The fourth-order valence-electron chi connectivity index (χ4n) is 3.12. The molecular weight excluding hydrogens is 256 g/mol. The number of carbonyl (C=O) groups is 1. The van der Waals surface area contributed by atoms with Gasteiger partial charge in [0, 0.05) is 0 Å². The molecule has 0 spiro atoms. The maximum Gasteiger partial charge on any atom is 0.169 e. The lowest BCUT2D eigenvalue weighted by Crippen LogP contribution is -2.27. The van der Waals surface area contributed by atoms with Crippen LogP contribution in [0.5, 0.6) is 0 Å². The number of aryl methyl sites for hydroxylation is 1. The van der Waals surface area contributed by atoms with Gasteiger partial charge in [-0.25, -0.2) is 0 Å². The molecule has 21 heavy (non-hydrogen) atoms. The summed E-state index contributed by atoms with van der Waals surface area (Å²) >= 11 is 0. The number of Topliss-reactive ketones (excluding diaryl/α,β-unsaturated/α-hetero) is 1. The molecule has 1 fully saturated rings. The van der Waals surface area contributed by atoms with Crippen molar-refractivity contribution in [3.63, 3.8) is 0 Å². The zero-order valence-corrected chi connectivity index (χ0v) is 12.6. The van der Waals surface area contributed by atoms with Crippen molar-refractivity contribution < 1.29 is 4.79 Å². The number of benzene rings is 2. The highest BCUT2D eigenvalue weighted by Gasteiger charge is 2.41. The first kappa shape index (κ1) is 13.8. The zero-order valence-electron chi connectivity index (χ0n) is 12.6. The van der Waals surface area contributed by atoms with Crippen molar-refractivity contribution in [3.05, 3.63) is 76.9 Å². The quantitative estimate of drug-likeness (QED) is 0.727. The van der Waals surface area contributed by atoms with Gasteiger partial charge in [0.15, 0.2) is 5.78 Å². The van der Waals surface area contributed by atoms with E-state index in [1.165, 1.54) is 5.56 Å². The summed E-state index contributed by atoms with van der Waals surface area (Å²) in [5, 5.41) is 0. The third kappa shape index (κ3) is 2.56. The van der Waals surface area contributed by atoms with Crippen molar-refractivity contribution in [2.75, 3.05) is 0 Å². The molecule has 0 amide bonds. The molecule has 0 bridgehead atoms. The summed E-state index contributed by atoms with van der Waals surface area (Å²) in [5.41, 5.74) is 4.04. The van der Waals surface area contributed by atoms with Gasteiger partial charge in [0.1, 0.15) is 0 Å². The molecule has 106 valence electrons. The number of rotatable bonds is 2. The first-order valence-corrected chi connectivity index (χ1v) is 7.47. The third-order valence-electron chi connectivity index (χ3n) is 4.48. The molecular formula is C20H20O. The standard InChI is InChI=1S/C20H20O/c1-15-7-6-10-18(13-15)20(2)12-11-17(19(20)21)14-16-8-4-3-5-9-16/h3-10,13-14H,11-12H2,1-2H3. The van der Waals surface area contributed by atoms with Gasteiger partial charge in [0.25, 0.3) is 0 Å². The van der Waals surface area contributed by atoms with Gasteiger partial charge in [0.2, 0.25) is 0 Å². The van der Waals surface area contributed by atoms with Crippen molar-refractivity contribution in [2.24, 2.45) is 0 Å². The topological polar surface area (TPSA) is 17.1 Å². The number of ketones is 1. The summed E-state index contributed by atoms with van der Waals surface area (Å²) in [6.07, 6.45) is 3.80. The average molecular weight is 276 g/mol. The first-order chi connectivity index (χ1) is 10.1. The largest absolute Gasteiger partial charge is 0.294 e. The van der Waals surface area contributed by atoms with E-state index in [4.69, 9.17) is 0 Å². The van der Waals surface area contributed by atoms with E-state index in [0.717, 1.165) is 29.5 Å². The van der Waals surface area contributed by atoms with E-state index in [2.05, 4.69) is 32.0 Å². The summed E-state index contributed by atoms with van der Waals surface area (Å²) in [4.78, 5) is 12.9. The van der Waals surface area contributed by atoms with Gasteiger partial charge in [0.05, 0.1) is 5.41 Å². The Morgan fingerprint density at radius 3 is 2.52 bits per heavy atom. The number of hydrogen-bond donors (Lipinski definition) is 0. The molecule has 2 aromatic rings. The van der Waals surface area contributed by atoms with Crippen LogP contribution < -0.4 is 0 Å². The molecule has 0 radical (unpaired) electrons. The SMILES string of the molecule is Cc1cccc(C2(C)CCC(=Cc3ccccc3)C2=O)c1. The predicted molar refractivity (Wildman–Crippen MR) is 87.2 cm³/mol. The second-order valence-electron chi connectivity index (χ2n) is 6.11. The van der Waals surface area contributed by atoms with Crippen LogP contribution in [0.2, 0.25) is 0 Å². The summed E-state index contributed by atoms with van der Waals surface area (Å²) in [6.45, 7) is 4.16. The molecule has 1 saturated carbocycles. The molecule has 0 heterocycles. The van der Waals surface area contributed by atoms with Crippen LogP contribution in [-0.4, -0.2) is 5.78 Å². The van der Waals surface area contributed by atoms with Crippen molar-refractivity contribution >= 4 is 11.9 Å². The van der Waals surface area contributed by atoms with Crippen molar-refractivity contribution in [2.45, 2.75) is 32.1 Å². The van der Waals surface area contributed by atoms with Crippen LogP contribution in [0.4, 0.5) is 0 Å². The van der Waals surface area contributed by atoms with Gasteiger partial charge in [-0.05, 0) is 49.5 Å². The van der Waals surface area contributed by atoms with Gasteiger partial charge in [-0.15, -0.1) is 0 Å². The number of carbonyl (C=O) groups excluding carboxylic acids is 1. The third-order valence-corrected chi connectivity index (χ3v) is 4.48. The minimum atomic E-state index is -0.368. The van der Waals surface area contributed by atoms with E-state index in [1.807, 2.05) is 42.5 Å². The van der Waals surface area contributed by atoms with Crippen LogP contribution in [-0.2, 0) is 10.2 Å². The predicted octanol–water partition coefficient (Wildman–Crippen LogP) is 4.70. The maximum absolute atomic E-state index is 12.9. The highest BCUT2D eigenvalue weighted by Crippen LogP contribution is 2.41. The Labute approximate surface area is 126 Å². The minimum absolute atomic E-state index is 0.275. The van der Waals surface area contributed by atoms with E-state index in [-0.39, 0.29) is 11.2 Å². The summed E-state index contributed by atoms with van der Waals surface area (Å²) < 4.78 is 0. The molecule has 3 rings (SSSR count). The van der Waals surface area contributed by atoms with Gasteiger partial charge in [-0.1, -0.05) is 60.2 Å². The van der Waals surface area contributed by atoms with Gasteiger partial charge in [-0.2, -0.15) is 0 Å². The Kier molecular flexibility index (Phi) is 3.50. The monoisotopic (exact) mass is 276 g/mol. The van der Waals surface area contributed by atoms with Crippen LogP contribution in [0.1, 0.15) is 36.5 Å². The molecule has 0 saturated heterocycles. The fraction of sp³-hybridized carbons (Fsp3) is 0.250. The van der Waals surface area contributed by atoms with Crippen LogP contribution >= 0.6 is 0 Å². The van der Waals surface area contributed by atoms with Crippen molar-refractivity contribution in [1.82, 2.24) is 0 Å². The lowest BCUT2D eigenvalue weighted by molar-refractivity contribution is -0.118. The van der Waals surface area contributed by atoms with E-state index < -0.39 is 0 Å². The van der Waals surface area contributed by atoms with E-state index in [0.29, 0.717) is 0 Å². The van der Waals surface area contributed by atoms with Crippen LogP contribution in [0, 0.1) is 6.92 Å². The van der Waals surface area contributed by atoms with Crippen molar-refractivity contribution in [3.8, 4) is 0 Å². The Hall–Kier alpha value is -2.15. The second kappa shape index (κ2) is 5.33. The molecule has 1 atom stereocenters. The number of allylic oxidation sites excluding steroid dienone is 1. The van der Waals surface area contributed by atoms with E-state index in [9.17, 15) is 4.79 Å². The fourth-order valence-corrected chi connectivity index (χ4v) is 3.12. The Morgan fingerprint density at radius 1 is 1.05 bits per heavy atom. The van der Waals surface area contributed by atoms with Gasteiger partial charge < -0.3 is 0 Å². The highest BCUT2D eigenvalue weighted by atomic mass is 16.1. The highest BCUT2D eigenvalue weighted by molar-refractivity contribution is 6.08. The minimum Gasteiger partial charge on any atom is -0.294 e. The number of hydrogen-bond acceptors (Lipinski definition) is 1. The molecule has 1 nitrogen and oxygen atoms in total. The molecule has 2 aromatic carbocycles. The second-order valence-corrected chi connectivity index (χ2v) is 6.11. The Morgan fingerprint density at radius 2 is 1.81 bits per heavy atom. The van der Waals surface area contributed by atoms with E-state index in [1.54, 1.807) is 0 Å². The molecule has 1 unspecified atom stereocenters. The molecule has 0 aromatic heterocycles. The summed E-state index contributed by atoms with van der Waals surface area (Å²) in [7, 11) is 0. The first-order valence-electron chi connectivity index (χ1n) is 7.47. The zero-order chi connectivity index (χ0) is 14.9. The lowest BCUT2D eigenvalue weighted by Gasteiger charge is -2.22. The van der Waals surface area contributed by atoms with Crippen LogP contribution in [0.3, 0.4) is 0 Å². The van der Waals surface area contributed by atoms with Crippen LogP contribution in [0.25, 0.3) is 6.08 Å². The smallest absolute Gasteiger partial charge is 0.169 e. The normalized spacial score (nSPS) is 23.7. The summed E-state index contributed by atoms with van der Waals surface area (Å²) in [6, 6.07) is 18.4. The summed E-state index contributed by atoms with van der Waals surface area (Å²) in [5.74, 6) is 0.275. The van der Waals surface area contributed by atoms with Gasteiger partial charge >= 0.3 is 0 Å². The Bertz CT molecular complexity index is 697. The molecule has 1 heteroatoms. The Balaban J connectivity index is 1.95. The maximum atomic E-state index is 12.9. The molecule has 0 aliphatic heterocycles.